The van der Waals surface area contributed by atoms with Gasteiger partial charge in [0, 0.05) is 44.5 Å². The van der Waals surface area contributed by atoms with Crippen LogP contribution in [0, 0.1) is 6.92 Å². The molecule has 27 heavy (non-hydrogen) atoms. The van der Waals surface area contributed by atoms with E-state index in [9.17, 15) is 14.4 Å². The maximum atomic E-state index is 12.6. The fourth-order valence-corrected chi connectivity index (χ4v) is 2.65. The Morgan fingerprint density at radius 2 is 1.59 bits per heavy atom. The van der Waals surface area contributed by atoms with Gasteiger partial charge in [0.1, 0.15) is 5.60 Å². The molecule has 0 atom stereocenters. The lowest BCUT2D eigenvalue weighted by molar-refractivity contribution is -0.114. The number of urea groups is 1. The number of piperazine rings is 1. The molecule has 1 aromatic rings. The number of aryl methyl sites for hydroxylation is 1. The van der Waals surface area contributed by atoms with Gasteiger partial charge in [-0.25, -0.2) is 9.59 Å². The van der Waals surface area contributed by atoms with Crippen molar-refractivity contribution in [2.45, 2.75) is 40.2 Å². The molecule has 1 fully saturated rings. The van der Waals surface area contributed by atoms with E-state index >= 15 is 0 Å². The highest BCUT2D eigenvalue weighted by Crippen LogP contribution is 2.21. The molecule has 1 aliphatic rings. The van der Waals surface area contributed by atoms with Crippen LogP contribution in [-0.2, 0) is 9.53 Å². The van der Waals surface area contributed by atoms with Gasteiger partial charge in [0.05, 0.1) is 0 Å². The van der Waals surface area contributed by atoms with Crippen LogP contribution in [-0.4, -0.2) is 59.6 Å². The number of nitrogens with one attached hydrogen (secondary N) is 2. The Bertz CT molecular complexity index is 719. The number of rotatable bonds is 2. The second kappa shape index (κ2) is 8.28. The van der Waals surface area contributed by atoms with Crippen molar-refractivity contribution in [1.29, 1.82) is 0 Å². The zero-order valence-electron chi connectivity index (χ0n) is 16.6. The average Bonchev–Trinajstić information content (AvgIpc) is 2.56. The van der Waals surface area contributed by atoms with Crippen LogP contribution in [0.1, 0.15) is 33.3 Å². The molecule has 0 unspecified atom stereocenters. The van der Waals surface area contributed by atoms with Crippen LogP contribution >= 0.6 is 0 Å². The standard InChI is InChI=1S/C19H28N4O4/c1-13-6-7-15(20-14(2)24)12-16(13)21-17(25)22-8-10-23(11-9-22)18(26)27-19(3,4)5/h6-7,12H,8-11H2,1-5H3,(H,20,24)(H,21,25). The SMILES string of the molecule is CC(=O)Nc1ccc(C)c(NC(=O)N2CCN(C(=O)OC(C)(C)C)CC2)c1. The zero-order chi connectivity index (χ0) is 20.2. The summed E-state index contributed by atoms with van der Waals surface area (Å²) in [6.07, 6.45) is -0.360. The molecular weight excluding hydrogens is 348 g/mol. The Morgan fingerprint density at radius 1 is 1.00 bits per heavy atom. The van der Waals surface area contributed by atoms with Crippen molar-refractivity contribution in [3.63, 3.8) is 0 Å². The normalized spacial score (nSPS) is 14.6. The molecule has 0 radical (unpaired) electrons. The van der Waals surface area contributed by atoms with Crippen LogP contribution < -0.4 is 10.6 Å². The lowest BCUT2D eigenvalue weighted by Crippen LogP contribution is -2.52. The summed E-state index contributed by atoms with van der Waals surface area (Å²) in [5.74, 6) is -0.172. The largest absolute Gasteiger partial charge is 0.444 e. The molecule has 0 bridgehead atoms. The highest BCUT2D eigenvalue weighted by Gasteiger charge is 2.27. The van der Waals surface area contributed by atoms with E-state index in [0.717, 1.165) is 5.56 Å². The van der Waals surface area contributed by atoms with E-state index in [1.807, 2.05) is 33.8 Å². The van der Waals surface area contributed by atoms with E-state index < -0.39 is 5.60 Å². The van der Waals surface area contributed by atoms with Gasteiger partial charge in [0.2, 0.25) is 5.91 Å². The minimum absolute atomic E-state index is 0.172. The second-order valence-electron chi connectivity index (χ2n) is 7.60. The Labute approximate surface area is 159 Å². The average molecular weight is 376 g/mol. The zero-order valence-corrected chi connectivity index (χ0v) is 16.6. The van der Waals surface area contributed by atoms with Crippen molar-refractivity contribution in [3.8, 4) is 0 Å². The molecule has 4 amide bonds. The number of amides is 4. The lowest BCUT2D eigenvalue weighted by atomic mass is 10.2. The topological polar surface area (TPSA) is 91.0 Å². The molecule has 1 heterocycles. The smallest absolute Gasteiger partial charge is 0.410 e. The third-order valence-electron chi connectivity index (χ3n) is 4.02. The molecule has 1 aromatic carbocycles. The third-order valence-corrected chi connectivity index (χ3v) is 4.02. The summed E-state index contributed by atoms with van der Waals surface area (Å²) in [5.41, 5.74) is 1.62. The summed E-state index contributed by atoms with van der Waals surface area (Å²) < 4.78 is 5.36. The van der Waals surface area contributed by atoms with Crippen LogP contribution in [0.15, 0.2) is 18.2 Å². The molecule has 2 rings (SSSR count). The highest BCUT2D eigenvalue weighted by molar-refractivity contribution is 5.93. The van der Waals surface area contributed by atoms with E-state index in [1.165, 1.54) is 6.92 Å². The van der Waals surface area contributed by atoms with E-state index in [2.05, 4.69) is 10.6 Å². The van der Waals surface area contributed by atoms with Crippen molar-refractivity contribution in [2.75, 3.05) is 36.8 Å². The number of nitrogens with zero attached hydrogens (tertiary/aromatic N) is 2. The molecule has 0 spiro atoms. The van der Waals surface area contributed by atoms with E-state index in [-0.39, 0.29) is 18.0 Å². The summed E-state index contributed by atoms with van der Waals surface area (Å²) in [4.78, 5) is 39.1. The van der Waals surface area contributed by atoms with Crippen LogP contribution in [0.5, 0.6) is 0 Å². The van der Waals surface area contributed by atoms with Crippen molar-refractivity contribution < 1.29 is 19.1 Å². The van der Waals surface area contributed by atoms with Gasteiger partial charge in [0.15, 0.2) is 0 Å². The van der Waals surface area contributed by atoms with E-state index in [0.29, 0.717) is 37.6 Å². The number of carbonyl (C=O) groups excluding carboxylic acids is 3. The summed E-state index contributed by atoms with van der Waals surface area (Å²) in [7, 11) is 0. The van der Waals surface area contributed by atoms with Gasteiger partial charge in [-0.3, -0.25) is 4.79 Å². The molecule has 1 aliphatic heterocycles. The monoisotopic (exact) mass is 376 g/mol. The van der Waals surface area contributed by atoms with Gasteiger partial charge in [-0.1, -0.05) is 6.07 Å². The van der Waals surface area contributed by atoms with Gasteiger partial charge in [0.25, 0.3) is 0 Å². The molecule has 0 aliphatic carbocycles. The van der Waals surface area contributed by atoms with Gasteiger partial charge >= 0.3 is 12.1 Å². The van der Waals surface area contributed by atoms with Crippen molar-refractivity contribution in [1.82, 2.24) is 9.80 Å². The lowest BCUT2D eigenvalue weighted by Gasteiger charge is -2.35. The molecule has 1 saturated heterocycles. The number of anilines is 2. The van der Waals surface area contributed by atoms with Gasteiger partial charge in [-0.15, -0.1) is 0 Å². The molecule has 0 saturated carbocycles. The number of hydrogen-bond donors (Lipinski definition) is 2. The fourth-order valence-electron chi connectivity index (χ4n) is 2.65. The fraction of sp³-hybridized carbons (Fsp3) is 0.526. The summed E-state index contributed by atoms with van der Waals surface area (Å²) in [6, 6.07) is 5.11. The molecule has 8 nitrogen and oxygen atoms in total. The third kappa shape index (κ3) is 6.16. The number of hydrogen-bond acceptors (Lipinski definition) is 4. The Balaban J connectivity index is 1.93. The summed E-state index contributed by atoms with van der Waals surface area (Å²) in [5, 5.41) is 5.58. The van der Waals surface area contributed by atoms with Crippen LogP contribution in [0.25, 0.3) is 0 Å². The first kappa shape index (κ1) is 20.5. The van der Waals surface area contributed by atoms with Crippen LogP contribution in [0.4, 0.5) is 21.0 Å². The van der Waals surface area contributed by atoms with Crippen molar-refractivity contribution in [2.24, 2.45) is 0 Å². The minimum atomic E-state index is -0.540. The Morgan fingerprint density at radius 3 is 2.15 bits per heavy atom. The first-order valence-electron chi connectivity index (χ1n) is 8.97. The predicted octanol–water partition coefficient (Wildman–Crippen LogP) is 3.04. The number of benzene rings is 1. The van der Waals surface area contributed by atoms with Crippen molar-refractivity contribution in [3.05, 3.63) is 23.8 Å². The van der Waals surface area contributed by atoms with Gasteiger partial charge in [-0.2, -0.15) is 0 Å². The molecule has 8 heteroatoms. The van der Waals surface area contributed by atoms with Gasteiger partial charge in [-0.05, 0) is 45.4 Å². The molecule has 148 valence electrons. The second-order valence-corrected chi connectivity index (χ2v) is 7.60. The summed E-state index contributed by atoms with van der Waals surface area (Å²) in [6.45, 7) is 10.5. The van der Waals surface area contributed by atoms with E-state index in [4.69, 9.17) is 4.74 Å². The number of ether oxygens (including phenoxy) is 1. The van der Waals surface area contributed by atoms with Crippen molar-refractivity contribution >= 4 is 29.4 Å². The minimum Gasteiger partial charge on any atom is -0.444 e. The summed E-state index contributed by atoms with van der Waals surface area (Å²) >= 11 is 0. The highest BCUT2D eigenvalue weighted by atomic mass is 16.6. The predicted molar refractivity (Wildman–Crippen MR) is 104 cm³/mol. The quantitative estimate of drug-likeness (QED) is 0.830. The maximum Gasteiger partial charge on any atom is 0.410 e. The van der Waals surface area contributed by atoms with Gasteiger partial charge < -0.3 is 25.2 Å². The number of carbonyl (C=O) groups is 3. The first-order chi connectivity index (χ1) is 12.5. The molecule has 0 aromatic heterocycles. The Hall–Kier alpha value is -2.77. The maximum absolute atomic E-state index is 12.6. The van der Waals surface area contributed by atoms with E-state index in [1.54, 1.807) is 21.9 Å². The Kier molecular flexibility index (Phi) is 6.30. The first-order valence-corrected chi connectivity index (χ1v) is 8.97. The van der Waals surface area contributed by atoms with Crippen LogP contribution in [0.2, 0.25) is 0 Å². The molecule has 2 N–H and O–H groups in total. The molecular formula is C19H28N4O4. The van der Waals surface area contributed by atoms with Crippen LogP contribution in [0.3, 0.4) is 0 Å².